The van der Waals surface area contributed by atoms with Crippen molar-refractivity contribution in [3.63, 3.8) is 0 Å². The molecule has 3 rings (SSSR count). The van der Waals surface area contributed by atoms with Crippen molar-refractivity contribution in [1.82, 2.24) is 34.9 Å². The third-order valence-electron chi connectivity index (χ3n) is 3.44. The lowest BCUT2D eigenvalue weighted by Crippen LogP contribution is -2.55. The fourth-order valence-corrected chi connectivity index (χ4v) is 25.5. The number of nitrogens with one attached hydrogen (secondary N) is 7. The van der Waals surface area contributed by atoms with Crippen molar-refractivity contribution in [2.24, 2.45) is 0 Å². The molecule has 0 saturated carbocycles. The Morgan fingerprint density at radius 3 is 2.29 bits per heavy atom. The van der Waals surface area contributed by atoms with Crippen molar-refractivity contribution < 1.29 is 0 Å². The van der Waals surface area contributed by atoms with E-state index in [9.17, 15) is 0 Å². The monoisotopic (exact) mass is 466 g/mol. The molecule has 7 nitrogen and oxygen atoms in total. The van der Waals surface area contributed by atoms with Gasteiger partial charge in [0.1, 0.15) is 11.4 Å². The Morgan fingerprint density at radius 2 is 1.75 bits per heavy atom. The molecule has 0 amide bonds. The van der Waals surface area contributed by atoms with Crippen molar-refractivity contribution in [1.29, 1.82) is 0 Å². The van der Waals surface area contributed by atoms with Gasteiger partial charge in [-0.05, 0) is 12.5 Å². The summed E-state index contributed by atoms with van der Waals surface area (Å²) in [5, 5.41) is 17.2. The van der Waals surface area contributed by atoms with Gasteiger partial charge in [0.25, 0.3) is 0 Å². The van der Waals surface area contributed by atoms with Crippen LogP contribution in [0.2, 0.25) is 0 Å². The van der Waals surface area contributed by atoms with Crippen molar-refractivity contribution in [2.75, 3.05) is 49.4 Å². The summed E-state index contributed by atoms with van der Waals surface area (Å²) in [4.78, 5) is 11.8. The minimum absolute atomic E-state index is 0.990. The van der Waals surface area contributed by atoms with E-state index < -0.39 is 21.7 Å². The predicted octanol–water partition coefficient (Wildman–Crippen LogP) is 2.85. The van der Waals surface area contributed by atoms with Crippen molar-refractivity contribution in [3.8, 4) is 0 Å². The summed E-state index contributed by atoms with van der Waals surface area (Å²) in [6, 6.07) is 0. The summed E-state index contributed by atoms with van der Waals surface area (Å²) >= 11 is 7.67. The molecule has 2 saturated heterocycles. The molecule has 0 aliphatic carbocycles. The molecule has 2 fully saturated rings. The quantitative estimate of drug-likeness (QED) is 0.213. The van der Waals surface area contributed by atoms with E-state index in [1.807, 2.05) is 46.3 Å². The van der Waals surface area contributed by atoms with E-state index in [0.717, 1.165) is 36.9 Å². The SMILES string of the molecule is CSCCN[P+]1(NCCSC)N[P+]2(NC=CS2)N[P+]2(NCCS2)N1. The summed E-state index contributed by atoms with van der Waals surface area (Å²) < 4.78 is 0. The third kappa shape index (κ3) is 5.07. The molecule has 3 aliphatic heterocycles. The molecule has 2 spiro atoms. The number of rotatable bonds is 8. The van der Waals surface area contributed by atoms with Crippen LogP contribution >= 0.6 is 68.0 Å². The standard InChI is InChI=1S/C10H27N7P3S4/c1-21-7-3-11-18(12-4-8-22-2)15-19(13-5-9-23-19)17-20(16-18)14-6-10-24-20/h5,9,11-17H,3-4,6-8,10H2,1-2H3/q+3. The average Bonchev–Trinajstić information content (AvgIpc) is 3.17. The zero-order chi connectivity index (χ0) is 16.9. The molecule has 0 bridgehead atoms. The number of hydrogen-bond acceptors (Lipinski definition) is 11. The van der Waals surface area contributed by atoms with Crippen LogP contribution < -0.4 is 34.9 Å². The van der Waals surface area contributed by atoms with Crippen LogP contribution in [0, 0.1) is 0 Å². The van der Waals surface area contributed by atoms with E-state index in [-0.39, 0.29) is 0 Å². The topological polar surface area (TPSA) is 84.2 Å². The van der Waals surface area contributed by atoms with E-state index in [1.54, 1.807) is 0 Å². The van der Waals surface area contributed by atoms with Crippen LogP contribution in [0.15, 0.2) is 11.6 Å². The van der Waals surface area contributed by atoms with Crippen molar-refractivity contribution in [3.05, 3.63) is 11.6 Å². The van der Waals surface area contributed by atoms with Gasteiger partial charge in [0.2, 0.25) is 0 Å². The van der Waals surface area contributed by atoms with Gasteiger partial charge in [0, 0.05) is 57.3 Å². The van der Waals surface area contributed by atoms with Crippen LogP contribution in [-0.2, 0) is 0 Å². The van der Waals surface area contributed by atoms with E-state index in [1.165, 1.54) is 0 Å². The van der Waals surface area contributed by atoms with E-state index in [2.05, 4.69) is 59.0 Å². The zero-order valence-electron chi connectivity index (χ0n) is 13.9. The summed E-state index contributed by atoms with van der Waals surface area (Å²) in [5.41, 5.74) is 0. The van der Waals surface area contributed by atoms with Crippen molar-refractivity contribution >= 4 is 68.0 Å². The highest BCUT2D eigenvalue weighted by Gasteiger charge is 2.74. The first-order valence-corrected chi connectivity index (χ1v) is 18.9. The lowest BCUT2D eigenvalue weighted by atomic mass is 10.8. The smallest absolute Gasteiger partial charge is 0.221 e. The van der Waals surface area contributed by atoms with Crippen LogP contribution in [0.25, 0.3) is 0 Å². The Hall–Kier alpha value is 1.99. The highest BCUT2D eigenvalue weighted by molar-refractivity contribution is 8.69. The van der Waals surface area contributed by atoms with Crippen LogP contribution in [0.3, 0.4) is 0 Å². The Morgan fingerprint density at radius 1 is 1.04 bits per heavy atom. The molecular weight excluding hydrogens is 439 g/mol. The first-order valence-electron chi connectivity index (χ1n) is 7.70. The predicted molar refractivity (Wildman–Crippen MR) is 123 cm³/mol. The van der Waals surface area contributed by atoms with Gasteiger partial charge in [-0.1, -0.05) is 0 Å². The molecule has 7 N–H and O–H groups in total. The maximum atomic E-state index is 3.97. The molecule has 0 aromatic heterocycles. The summed E-state index contributed by atoms with van der Waals surface area (Å²) in [5.74, 6) is 3.37. The number of hydrogen-bond donors (Lipinski definition) is 7. The zero-order valence-corrected chi connectivity index (χ0v) is 19.8. The minimum Gasteiger partial charge on any atom is -0.221 e. The Bertz CT molecular complexity index is 428. The number of thioether (sulfide) groups is 2. The lowest BCUT2D eigenvalue weighted by Gasteiger charge is -2.36. The lowest BCUT2D eigenvalue weighted by molar-refractivity contribution is 0.885. The average molecular weight is 467 g/mol. The fraction of sp³-hybridized carbons (Fsp3) is 0.800. The normalized spacial score (nSPS) is 34.2. The summed E-state index contributed by atoms with van der Waals surface area (Å²) in [6.45, 7) is -0.296. The van der Waals surface area contributed by atoms with Gasteiger partial charge in [-0.15, -0.1) is 15.3 Å². The molecule has 14 heteroatoms. The molecule has 138 valence electrons. The Kier molecular flexibility index (Phi) is 8.17. The van der Waals surface area contributed by atoms with Crippen LogP contribution in [0.4, 0.5) is 0 Å². The summed E-state index contributed by atoms with van der Waals surface area (Å²) in [7, 11) is -1.88. The second-order valence-corrected chi connectivity index (χ2v) is 20.5. The van der Waals surface area contributed by atoms with Crippen LogP contribution in [-0.4, -0.2) is 49.4 Å². The van der Waals surface area contributed by atoms with E-state index in [4.69, 9.17) is 0 Å². The van der Waals surface area contributed by atoms with Gasteiger partial charge in [-0.3, -0.25) is 0 Å². The Balaban J connectivity index is 1.79. The van der Waals surface area contributed by atoms with Gasteiger partial charge >= 0.3 is 21.7 Å². The van der Waals surface area contributed by atoms with Crippen LogP contribution in [0.5, 0.6) is 0 Å². The largest absolute Gasteiger partial charge is 0.386 e. The van der Waals surface area contributed by atoms with Gasteiger partial charge in [-0.25, -0.2) is 5.09 Å². The van der Waals surface area contributed by atoms with E-state index in [0.29, 0.717) is 0 Å². The molecule has 0 aromatic carbocycles. The molecular formula is C10H27N7P3S4+3. The molecule has 0 radical (unpaired) electrons. The first-order chi connectivity index (χ1) is 11.7. The van der Waals surface area contributed by atoms with Gasteiger partial charge < -0.3 is 0 Å². The molecule has 2 atom stereocenters. The maximum absolute atomic E-state index is 3.97. The van der Waals surface area contributed by atoms with Gasteiger partial charge in [0.15, 0.2) is 0 Å². The second-order valence-electron chi connectivity index (χ2n) is 5.27. The first kappa shape index (κ1) is 20.7. The van der Waals surface area contributed by atoms with Gasteiger partial charge in [-0.2, -0.15) is 23.5 Å². The minimum atomic E-state index is -1.88. The molecule has 24 heavy (non-hydrogen) atoms. The fourth-order valence-electron chi connectivity index (χ4n) is 2.47. The second kappa shape index (κ2) is 9.46. The molecule has 2 unspecified atom stereocenters. The third-order valence-corrected chi connectivity index (χ3v) is 22.2. The highest BCUT2D eigenvalue weighted by Crippen LogP contribution is 2.84. The van der Waals surface area contributed by atoms with E-state index >= 15 is 0 Å². The molecule has 3 heterocycles. The van der Waals surface area contributed by atoms with Gasteiger partial charge in [0.05, 0.1) is 17.1 Å². The van der Waals surface area contributed by atoms with Crippen molar-refractivity contribution in [2.45, 2.75) is 0 Å². The highest BCUT2D eigenvalue weighted by atomic mass is 32.8. The maximum Gasteiger partial charge on any atom is 0.386 e. The summed E-state index contributed by atoms with van der Waals surface area (Å²) in [6.07, 6.45) is 6.39. The van der Waals surface area contributed by atoms with Crippen LogP contribution in [0.1, 0.15) is 0 Å². The Labute approximate surface area is 163 Å². The molecule has 3 aliphatic rings. The molecule has 0 aromatic rings.